The van der Waals surface area contributed by atoms with E-state index in [1.165, 1.54) is 5.56 Å². The second-order valence-electron chi connectivity index (χ2n) is 4.67. The quantitative estimate of drug-likeness (QED) is 0.783. The van der Waals surface area contributed by atoms with Gasteiger partial charge >= 0.3 is 0 Å². The number of fused-ring (bicyclic) bond motifs is 2. The van der Waals surface area contributed by atoms with Gasteiger partial charge in [0.2, 0.25) is 0 Å². The van der Waals surface area contributed by atoms with Crippen LogP contribution in [0.1, 0.15) is 31.2 Å². The minimum Gasteiger partial charge on any atom is -0.482 e. The molecule has 0 atom stereocenters. The molecule has 1 fully saturated rings. The van der Waals surface area contributed by atoms with Gasteiger partial charge in [-0.1, -0.05) is 15.9 Å². The number of methoxy groups -OCH3 is 1. The smallest absolute Gasteiger partial charge is 0.138 e. The molecule has 1 spiro atoms. The molecule has 2 nitrogen and oxygen atoms in total. The van der Waals surface area contributed by atoms with Crippen molar-refractivity contribution in [2.24, 2.45) is 0 Å². The Morgan fingerprint density at radius 3 is 2.81 bits per heavy atom. The van der Waals surface area contributed by atoms with E-state index in [4.69, 9.17) is 9.47 Å². The van der Waals surface area contributed by atoms with Crippen molar-refractivity contribution < 1.29 is 9.47 Å². The molecule has 0 N–H and O–H groups in total. The van der Waals surface area contributed by atoms with Crippen LogP contribution < -0.4 is 4.74 Å². The fourth-order valence-corrected chi connectivity index (χ4v) is 3.19. The van der Waals surface area contributed by atoms with Crippen LogP contribution in [0.5, 0.6) is 5.75 Å². The maximum Gasteiger partial charge on any atom is 0.138 e. The van der Waals surface area contributed by atoms with Crippen molar-refractivity contribution in [2.75, 3.05) is 7.11 Å². The van der Waals surface area contributed by atoms with Gasteiger partial charge in [-0.2, -0.15) is 0 Å². The van der Waals surface area contributed by atoms with Crippen molar-refractivity contribution in [1.29, 1.82) is 0 Å². The number of hydrogen-bond acceptors (Lipinski definition) is 2. The first-order chi connectivity index (χ1) is 7.73. The van der Waals surface area contributed by atoms with Crippen LogP contribution in [0.4, 0.5) is 0 Å². The Balaban J connectivity index is 1.83. The van der Waals surface area contributed by atoms with Crippen LogP contribution in [0, 0.1) is 0 Å². The van der Waals surface area contributed by atoms with Gasteiger partial charge in [0.05, 0.1) is 6.10 Å². The molecule has 1 aliphatic heterocycles. The zero-order valence-corrected chi connectivity index (χ0v) is 10.9. The Labute approximate surface area is 104 Å². The lowest BCUT2D eigenvalue weighted by atomic mass is 9.75. The maximum atomic E-state index is 5.98. The molecule has 1 aliphatic carbocycles. The summed E-state index contributed by atoms with van der Waals surface area (Å²) < 4.78 is 12.5. The average molecular weight is 283 g/mol. The molecule has 86 valence electrons. The highest BCUT2D eigenvalue weighted by molar-refractivity contribution is 9.10. The number of hydrogen-bond donors (Lipinski definition) is 0. The van der Waals surface area contributed by atoms with E-state index >= 15 is 0 Å². The van der Waals surface area contributed by atoms with Gasteiger partial charge in [0.15, 0.2) is 0 Å². The fourth-order valence-electron chi connectivity index (χ4n) is 2.83. The molecule has 3 heteroatoms. The van der Waals surface area contributed by atoms with Gasteiger partial charge in [-0.3, -0.25) is 0 Å². The molecule has 0 radical (unpaired) electrons. The second kappa shape index (κ2) is 3.74. The van der Waals surface area contributed by atoms with Crippen molar-refractivity contribution in [3.8, 4) is 5.75 Å². The van der Waals surface area contributed by atoms with Crippen molar-refractivity contribution in [3.05, 3.63) is 28.2 Å². The summed E-state index contributed by atoms with van der Waals surface area (Å²) in [4.78, 5) is 0. The van der Waals surface area contributed by atoms with Gasteiger partial charge in [-0.15, -0.1) is 0 Å². The Hall–Kier alpha value is -0.540. The van der Waals surface area contributed by atoms with Crippen LogP contribution in [-0.4, -0.2) is 13.2 Å². The summed E-state index contributed by atoms with van der Waals surface area (Å²) in [5.41, 5.74) is 1.37. The maximum absolute atomic E-state index is 5.98. The third-order valence-corrected chi connectivity index (χ3v) is 4.30. The SMILES string of the molecule is COC1CCC2(CC1)Oc1ccc(Br)cc12. The van der Waals surface area contributed by atoms with E-state index in [0.717, 1.165) is 35.9 Å². The molecule has 0 saturated heterocycles. The molecule has 16 heavy (non-hydrogen) atoms. The highest BCUT2D eigenvalue weighted by Gasteiger charge is 2.47. The van der Waals surface area contributed by atoms with Crippen molar-refractivity contribution >= 4 is 15.9 Å². The Kier molecular flexibility index (Phi) is 2.48. The summed E-state index contributed by atoms with van der Waals surface area (Å²) in [5, 5.41) is 0. The molecule has 0 unspecified atom stereocenters. The molecular formula is C13H15BrO2. The first kappa shape index (κ1) is 10.6. The number of benzene rings is 1. The van der Waals surface area contributed by atoms with Crippen LogP contribution in [0.25, 0.3) is 0 Å². The fraction of sp³-hybridized carbons (Fsp3) is 0.538. The van der Waals surface area contributed by atoms with Gasteiger partial charge in [0, 0.05) is 17.1 Å². The molecule has 1 aromatic carbocycles. The summed E-state index contributed by atoms with van der Waals surface area (Å²) >= 11 is 3.53. The second-order valence-corrected chi connectivity index (χ2v) is 5.59. The molecule has 0 amide bonds. The summed E-state index contributed by atoms with van der Waals surface area (Å²) in [7, 11) is 1.80. The topological polar surface area (TPSA) is 18.5 Å². The van der Waals surface area contributed by atoms with E-state index in [1.54, 1.807) is 7.11 Å². The predicted octanol–water partition coefficient (Wildman–Crippen LogP) is 3.63. The van der Waals surface area contributed by atoms with E-state index in [-0.39, 0.29) is 5.60 Å². The largest absolute Gasteiger partial charge is 0.482 e. The summed E-state index contributed by atoms with van der Waals surface area (Å²) in [6.45, 7) is 0. The summed E-state index contributed by atoms with van der Waals surface area (Å²) in [6.07, 6.45) is 4.78. The third-order valence-electron chi connectivity index (χ3n) is 3.81. The Morgan fingerprint density at radius 2 is 2.12 bits per heavy atom. The molecule has 3 rings (SSSR count). The molecule has 1 saturated carbocycles. The highest BCUT2D eigenvalue weighted by Crippen LogP contribution is 2.53. The van der Waals surface area contributed by atoms with E-state index in [9.17, 15) is 0 Å². The lowest BCUT2D eigenvalue weighted by Gasteiger charge is -2.48. The average Bonchev–Trinajstić information content (AvgIpc) is 2.31. The Bertz CT molecular complexity index is 408. The molecule has 0 aromatic heterocycles. The molecule has 1 heterocycles. The van der Waals surface area contributed by atoms with E-state index in [0.29, 0.717) is 6.10 Å². The van der Waals surface area contributed by atoms with Crippen LogP contribution in [0.3, 0.4) is 0 Å². The standard InChI is InChI=1S/C13H15BrO2/c1-15-10-4-6-13(7-5-10)11-8-9(14)2-3-12(11)16-13/h2-3,8,10H,4-7H2,1H3. The number of ether oxygens (including phenoxy) is 2. The van der Waals surface area contributed by atoms with Crippen molar-refractivity contribution in [3.63, 3.8) is 0 Å². The van der Waals surface area contributed by atoms with Gasteiger partial charge < -0.3 is 9.47 Å². The number of rotatable bonds is 1. The minimum atomic E-state index is -0.00581. The molecule has 0 bridgehead atoms. The van der Waals surface area contributed by atoms with Gasteiger partial charge in [-0.05, 0) is 43.9 Å². The first-order valence-electron chi connectivity index (χ1n) is 5.75. The molecule has 1 aromatic rings. The first-order valence-corrected chi connectivity index (χ1v) is 6.55. The van der Waals surface area contributed by atoms with Crippen LogP contribution >= 0.6 is 15.9 Å². The summed E-state index contributed by atoms with van der Waals surface area (Å²) in [5.74, 6) is 1.05. The molecular weight excluding hydrogens is 268 g/mol. The summed E-state index contributed by atoms with van der Waals surface area (Å²) in [6, 6.07) is 6.28. The van der Waals surface area contributed by atoms with E-state index < -0.39 is 0 Å². The van der Waals surface area contributed by atoms with Crippen molar-refractivity contribution in [1.82, 2.24) is 0 Å². The van der Waals surface area contributed by atoms with E-state index in [1.807, 2.05) is 12.1 Å². The van der Waals surface area contributed by atoms with Crippen molar-refractivity contribution in [2.45, 2.75) is 37.4 Å². The zero-order valence-electron chi connectivity index (χ0n) is 9.33. The van der Waals surface area contributed by atoms with Gasteiger partial charge in [0.25, 0.3) is 0 Å². The predicted molar refractivity (Wildman–Crippen MR) is 65.7 cm³/mol. The normalized spacial score (nSPS) is 31.8. The Morgan fingerprint density at radius 1 is 1.38 bits per heavy atom. The molecule has 2 aliphatic rings. The lowest BCUT2D eigenvalue weighted by Crippen LogP contribution is -2.45. The lowest BCUT2D eigenvalue weighted by molar-refractivity contribution is -0.0607. The van der Waals surface area contributed by atoms with Crippen LogP contribution in [-0.2, 0) is 10.3 Å². The van der Waals surface area contributed by atoms with Crippen LogP contribution in [0.2, 0.25) is 0 Å². The van der Waals surface area contributed by atoms with Gasteiger partial charge in [-0.25, -0.2) is 0 Å². The monoisotopic (exact) mass is 282 g/mol. The van der Waals surface area contributed by atoms with Crippen LogP contribution in [0.15, 0.2) is 22.7 Å². The minimum absolute atomic E-state index is 0.00581. The third kappa shape index (κ3) is 1.49. The van der Waals surface area contributed by atoms with Gasteiger partial charge in [0.1, 0.15) is 11.4 Å². The number of halogens is 1. The zero-order chi connectivity index (χ0) is 11.2. The van der Waals surface area contributed by atoms with E-state index in [2.05, 4.69) is 22.0 Å². The highest BCUT2D eigenvalue weighted by atomic mass is 79.9.